The van der Waals surface area contributed by atoms with Gasteiger partial charge in [-0.2, -0.15) is 0 Å². The molecule has 0 heterocycles. The minimum Gasteiger partial charge on any atom is -0.452 e. The first kappa shape index (κ1) is 20.2. The number of ether oxygens (including phenoxy) is 1. The van der Waals surface area contributed by atoms with E-state index in [1.807, 2.05) is 12.1 Å². The smallest absolute Gasteiger partial charge is 0.338 e. The van der Waals surface area contributed by atoms with Crippen molar-refractivity contribution in [2.75, 3.05) is 29.9 Å². The van der Waals surface area contributed by atoms with Crippen LogP contribution in [0.2, 0.25) is 0 Å². The van der Waals surface area contributed by atoms with Crippen LogP contribution in [0.3, 0.4) is 0 Å². The summed E-state index contributed by atoms with van der Waals surface area (Å²) in [5.74, 6) is -1.23. The van der Waals surface area contributed by atoms with Gasteiger partial charge in [-0.1, -0.05) is 12.1 Å². The number of amides is 1. The molecule has 0 fully saturated rings. The van der Waals surface area contributed by atoms with E-state index in [0.29, 0.717) is 16.8 Å². The average molecular weight is 368 g/mol. The van der Waals surface area contributed by atoms with Crippen LogP contribution in [-0.2, 0) is 9.53 Å². The van der Waals surface area contributed by atoms with E-state index >= 15 is 0 Å². The molecule has 0 aliphatic heterocycles. The van der Waals surface area contributed by atoms with Crippen LogP contribution in [0.15, 0.2) is 48.5 Å². The van der Waals surface area contributed by atoms with Gasteiger partial charge in [-0.3, -0.25) is 9.59 Å². The van der Waals surface area contributed by atoms with Gasteiger partial charge in [0.15, 0.2) is 12.4 Å². The maximum atomic E-state index is 12.1. The van der Waals surface area contributed by atoms with Gasteiger partial charge in [0.2, 0.25) is 0 Å². The first-order chi connectivity index (χ1) is 13.0. The number of benzene rings is 2. The van der Waals surface area contributed by atoms with Crippen molar-refractivity contribution in [1.82, 2.24) is 0 Å². The maximum absolute atomic E-state index is 12.1. The molecule has 0 saturated carbocycles. The zero-order valence-corrected chi connectivity index (χ0v) is 15.8. The van der Waals surface area contributed by atoms with Crippen molar-refractivity contribution in [2.24, 2.45) is 0 Å². The number of anilines is 2. The van der Waals surface area contributed by atoms with Gasteiger partial charge in [-0.15, -0.1) is 0 Å². The zero-order valence-electron chi connectivity index (χ0n) is 15.8. The number of para-hydroxylation sites is 1. The Kier molecular flexibility index (Phi) is 7.11. The predicted octanol–water partition coefficient (Wildman–Crippen LogP) is 3.53. The van der Waals surface area contributed by atoms with Gasteiger partial charge in [0.1, 0.15) is 0 Å². The highest BCUT2D eigenvalue weighted by Gasteiger charge is 2.13. The lowest BCUT2D eigenvalue weighted by Crippen LogP contribution is -2.22. The molecule has 0 saturated heterocycles. The molecule has 0 radical (unpaired) electrons. The molecule has 1 N–H and O–H groups in total. The molecule has 2 aromatic carbocycles. The zero-order chi connectivity index (χ0) is 19.8. The van der Waals surface area contributed by atoms with E-state index in [-0.39, 0.29) is 5.78 Å². The molecule has 0 aliphatic carbocycles. The van der Waals surface area contributed by atoms with Crippen molar-refractivity contribution in [3.8, 4) is 0 Å². The lowest BCUT2D eigenvalue weighted by Gasteiger charge is -2.20. The topological polar surface area (TPSA) is 75.7 Å². The van der Waals surface area contributed by atoms with Crippen LogP contribution in [-0.4, -0.2) is 37.4 Å². The van der Waals surface area contributed by atoms with Crippen molar-refractivity contribution in [3.05, 3.63) is 59.7 Å². The number of esters is 1. The number of nitrogens with zero attached hydrogens (tertiary/aromatic N) is 1. The molecule has 1 amide bonds. The van der Waals surface area contributed by atoms with Crippen LogP contribution in [0.1, 0.15) is 41.5 Å². The van der Waals surface area contributed by atoms with Crippen LogP contribution < -0.4 is 10.2 Å². The summed E-state index contributed by atoms with van der Waals surface area (Å²) in [4.78, 5) is 37.9. The number of rotatable bonds is 8. The monoisotopic (exact) mass is 368 g/mol. The first-order valence-electron chi connectivity index (χ1n) is 8.88. The normalized spacial score (nSPS) is 10.2. The Hall–Kier alpha value is -3.15. The summed E-state index contributed by atoms with van der Waals surface area (Å²) in [5, 5.41) is 2.59. The SMILES string of the molecule is CCN(CC)c1ccc(C(=O)OCC(=O)Nc2ccccc2C(C)=O)cc1. The molecule has 2 aromatic rings. The number of Topliss-reactive ketones (excluding diaryl/α,β-unsaturated/α-hetero) is 1. The third kappa shape index (κ3) is 5.41. The van der Waals surface area contributed by atoms with Crippen LogP contribution in [0.5, 0.6) is 0 Å². The highest BCUT2D eigenvalue weighted by atomic mass is 16.5. The number of hydrogen-bond donors (Lipinski definition) is 1. The molecule has 0 spiro atoms. The summed E-state index contributed by atoms with van der Waals surface area (Å²) in [7, 11) is 0. The Bertz CT molecular complexity index is 811. The van der Waals surface area contributed by atoms with E-state index in [9.17, 15) is 14.4 Å². The quantitative estimate of drug-likeness (QED) is 0.570. The average Bonchev–Trinajstić information content (AvgIpc) is 2.68. The van der Waals surface area contributed by atoms with Crippen LogP contribution in [0.25, 0.3) is 0 Å². The molecule has 6 heteroatoms. The van der Waals surface area contributed by atoms with E-state index < -0.39 is 18.5 Å². The summed E-state index contributed by atoms with van der Waals surface area (Å²) < 4.78 is 5.07. The fourth-order valence-corrected chi connectivity index (χ4v) is 2.70. The van der Waals surface area contributed by atoms with Crippen molar-refractivity contribution < 1.29 is 19.1 Å². The number of nitrogens with one attached hydrogen (secondary N) is 1. The van der Waals surface area contributed by atoms with Gasteiger partial charge in [-0.25, -0.2) is 4.79 Å². The molecule has 0 unspecified atom stereocenters. The van der Waals surface area contributed by atoms with Gasteiger partial charge in [0.25, 0.3) is 5.91 Å². The van der Waals surface area contributed by atoms with Crippen LogP contribution in [0.4, 0.5) is 11.4 Å². The fraction of sp³-hybridized carbons (Fsp3) is 0.286. The second kappa shape index (κ2) is 9.52. The molecule has 0 atom stereocenters. The van der Waals surface area contributed by atoms with Gasteiger partial charge >= 0.3 is 5.97 Å². The second-order valence-corrected chi connectivity index (χ2v) is 5.95. The van der Waals surface area contributed by atoms with Crippen molar-refractivity contribution >= 4 is 29.0 Å². The fourth-order valence-electron chi connectivity index (χ4n) is 2.70. The van der Waals surface area contributed by atoms with E-state index in [1.165, 1.54) is 6.92 Å². The largest absolute Gasteiger partial charge is 0.452 e. The minimum atomic E-state index is -0.573. The van der Waals surface area contributed by atoms with Crippen LogP contribution in [0, 0.1) is 0 Å². The number of ketones is 1. The molecular weight excluding hydrogens is 344 g/mol. The summed E-state index contributed by atoms with van der Waals surface area (Å²) in [5.41, 5.74) is 2.21. The second-order valence-electron chi connectivity index (χ2n) is 5.95. The number of carbonyl (C=O) groups is 3. The maximum Gasteiger partial charge on any atom is 0.338 e. The van der Waals surface area contributed by atoms with Crippen molar-refractivity contribution in [2.45, 2.75) is 20.8 Å². The molecular formula is C21H24N2O4. The molecule has 0 aliphatic rings. The lowest BCUT2D eigenvalue weighted by atomic mass is 10.1. The Morgan fingerprint density at radius 2 is 1.59 bits per heavy atom. The van der Waals surface area contributed by atoms with Gasteiger partial charge in [0.05, 0.1) is 11.3 Å². The summed E-state index contributed by atoms with van der Waals surface area (Å²) in [6.07, 6.45) is 0. The summed E-state index contributed by atoms with van der Waals surface area (Å²) >= 11 is 0. The van der Waals surface area contributed by atoms with Crippen LogP contribution >= 0.6 is 0 Å². The molecule has 0 bridgehead atoms. The predicted molar refractivity (Wildman–Crippen MR) is 105 cm³/mol. The third-order valence-corrected chi connectivity index (χ3v) is 4.15. The Morgan fingerprint density at radius 3 is 2.19 bits per heavy atom. The van der Waals surface area contributed by atoms with E-state index in [4.69, 9.17) is 4.74 Å². The summed E-state index contributed by atoms with van der Waals surface area (Å²) in [6.45, 7) is 6.88. The van der Waals surface area contributed by atoms with E-state index in [0.717, 1.165) is 18.8 Å². The number of hydrogen-bond acceptors (Lipinski definition) is 5. The number of carbonyl (C=O) groups excluding carboxylic acids is 3. The standard InChI is InChI=1S/C21H24N2O4/c1-4-23(5-2)17-12-10-16(11-13-17)21(26)27-14-20(25)22-19-9-7-6-8-18(19)15(3)24/h6-13H,4-5,14H2,1-3H3,(H,22,25). The molecule has 0 aromatic heterocycles. The third-order valence-electron chi connectivity index (χ3n) is 4.15. The Balaban J connectivity index is 1.93. The Morgan fingerprint density at radius 1 is 0.963 bits per heavy atom. The van der Waals surface area contributed by atoms with Gasteiger partial charge in [-0.05, 0) is 57.2 Å². The van der Waals surface area contributed by atoms with Crippen molar-refractivity contribution in [3.63, 3.8) is 0 Å². The van der Waals surface area contributed by atoms with Crippen molar-refractivity contribution in [1.29, 1.82) is 0 Å². The van der Waals surface area contributed by atoms with E-state index in [1.54, 1.807) is 36.4 Å². The highest BCUT2D eigenvalue weighted by Crippen LogP contribution is 2.17. The molecule has 27 heavy (non-hydrogen) atoms. The molecule has 2 rings (SSSR count). The Labute approximate surface area is 159 Å². The lowest BCUT2D eigenvalue weighted by molar-refractivity contribution is -0.119. The van der Waals surface area contributed by atoms with Gasteiger partial charge in [0, 0.05) is 24.3 Å². The first-order valence-corrected chi connectivity index (χ1v) is 8.88. The van der Waals surface area contributed by atoms with E-state index in [2.05, 4.69) is 24.1 Å². The molecule has 142 valence electrons. The summed E-state index contributed by atoms with van der Waals surface area (Å²) in [6, 6.07) is 13.8. The minimum absolute atomic E-state index is 0.156. The molecule has 6 nitrogen and oxygen atoms in total. The highest BCUT2D eigenvalue weighted by molar-refractivity contribution is 6.04. The van der Waals surface area contributed by atoms with Gasteiger partial charge < -0.3 is 15.0 Å².